The number of amides is 3. The average Bonchev–Trinajstić information content (AvgIpc) is 3.10. The summed E-state index contributed by atoms with van der Waals surface area (Å²) in [4.78, 5) is 40.9. The number of carbonyl (C=O) groups is 3. The van der Waals surface area contributed by atoms with Crippen LogP contribution in [0.1, 0.15) is 51.4 Å². The Morgan fingerprint density at radius 1 is 0.750 bits per heavy atom. The first-order chi connectivity index (χ1) is 15.6. The van der Waals surface area contributed by atoms with Crippen molar-refractivity contribution in [3.05, 3.63) is 101 Å². The fraction of sp³-hybridized carbons (Fsp3) is 0.222. The third kappa shape index (κ3) is 2.42. The maximum absolute atomic E-state index is 13.7. The number of nitrogens with zero attached hydrogens (tertiary/aromatic N) is 1. The van der Waals surface area contributed by atoms with Gasteiger partial charge in [0.1, 0.15) is 0 Å². The molecule has 2 atom stereocenters. The van der Waals surface area contributed by atoms with E-state index in [0.717, 1.165) is 22.3 Å². The van der Waals surface area contributed by atoms with Crippen molar-refractivity contribution < 1.29 is 14.4 Å². The second-order valence-electron chi connectivity index (χ2n) is 8.68. The predicted octanol–water partition coefficient (Wildman–Crippen LogP) is 3.83. The van der Waals surface area contributed by atoms with Gasteiger partial charge in [0.15, 0.2) is 0 Å². The van der Waals surface area contributed by atoms with Crippen molar-refractivity contribution >= 4 is 23.4 Å². The highest BCUT2D eigenvalue weighted by Crippen LogP contribution is 2.61. The van der Waals surface area contributed by atoms with E-state index < -0.39 is 11.8 Å². The Bertz CT molecular complexity index is 1160. The highest BCUT2D eigenvalue weighted by atomic mass is 16.2. The summed E-state index contributed by atoms with van der Waals surface area (Å²) in [5, 5.41) is 2.76. The zero-order valence-corrected chi connectivity index (χ0v) is 17.6. The number of anilines is 1. The van der Waals surface area contributed by atoms with Gasteiger partial charge in [-0.3, -0.25) is 14.4 Å². The molecule has 1 N–H and O–H groups in total. The molecule has 3 aliphatic carbocycles. The first kappa shape index (κ1) is 19.0. The van der Waals surface area contributed by atoms with Crippen molar-refractivity contribution in [1.29, 1.82) is 0 Å². The van der Waals surface area contributed by atoms with Crippen LogP contribution in [0.5, 0.6) is 0 Å². The fourth-order valence-corrected chi connectivity index (χ4v) is 5.96. The molecule has 1 fully saturated rings. The smallest absolute Gasteiger partial charge is 0.251 e. The van der Waals surface area contributed by atoms with Crippen molar-refractivity contribution in [3.8, 4) is 0 Å². The van der Waals surface area contributed by atoms with E-state index in [1.165, 1.54) is 4.90 Å². The van der Waals surface area contributed by atoms with E-state index in [4.69, 9.17) is 0 Å². The molecule has 0 saturated carbocycles. The van der Waals surface area contributed by atoms with Crippen LogP contribution in [-0.2, 0) is 9.59 Å². The first-order valence-corrected chi connectivity index (χ1v) is 11.1. The third-order valence-electron chi connectivity index (χ3n) is 7.17. The molecular formula is C27H22N2O3. The molecule has 1 aliphatic heterocycles. The van der Waals surface area contributed by atoms with E-state index in [1.54, 1.807) is 24.3 Å². The first-order valence-electron chi connectivity index (χ1n) is 11.1. The average molecular weight is 422 g/mol. The number of hydrogen-bond acceptors (Lipinski definition) is 3. The maximum atomic E-state index is 13.7. The number of rotatable bonds is 3. The van der Waals surface area contributed by atoms with Crippen LogP contribution in [0.2, 0.25) is 0 Å². The summed E-state index contributed by atoms with van der Waals surface area (Å²) in [6.45, 7) is 2.40. The fourth-order valence-electron chi connectivity index (χ4n) is 5.96. The molecule has 158 valence electrons. The number of carbonyl (C=O) groups excluding carboxylic acids is 3. The van der Waals surface area contributed by atoms with Gasteiger partial charge in [0, 0.05) is 23.9 Å². The van der Waals surface area contributed by atoms with Gasteiger partial charge in [-0.05, 0) is 53.4 Å². The summed E-state index contributed by atoms with van der Waals surface area (Å²) in [6.07, 6.45) is 0. The molecule has 5 nitrogen and oxygen atoms in total. The van der Waals surface area contributed by atoms with Gasteiger partial charge in [0.2, 0.25) is 11.8 Å². The summed E-state index contributed by atoms with van der Waals surface area (Å²) in [5.41, 5.74) is 5.67. The molecule has 3 amide bonds. The van der Waals surface area contributed by atoms with Gasteiger partial charge in [-0.25, -0.2) is 4.90 Å². The lowest BCUT2D eigenvalue weighted by atomic mass is 9.55. The molecule has 0 radical (unpaired) electrons. The second-order valence-corrected chi connectivity index (χ2v) is 8.68. The predicted molar refractivity (Wildman–Crippen MR) is 120 cm³/mol. The third-order valence-corrected chi connectivity index (χ3v) is 7.17. The molecule has 0 aromatic heterocycles. The Morgan fingerprint density at radius 3 is 1.59 bits per heavy atom. The van der Waals surface area contributed by atoms with Gasteiger partial charge in [0.05, 0.1) is 17.5 Å². The van der Waals surface area contributed by atoms with Crippen molar-refractivity contribution in [3.63, 3.8) is 0 Å². The lowest BCUT2D eigenvalue weighted by molar-refractivity contribution is -0.122. The minimum atomic E-state index is -0.402. The van der Waals surface area contributed by atoms with E-state index in [1.807, 2.05) is 31.2 Å². The molecule has 0 unspecified atom stereocenters. The van der Waals surface area contributed by atoms with Gasteiger partial charge in [-0.15, -0.1) is 0 Å². The molecule has 2 bridgehead atoms. The Balaban J connectivity index is 1.44. The SMILES string of the molecule is CCNC(=O)c1ccc(N2C(=O)[C@@H]3C4c5ccccc5C(c5ccccc54)[C@H]3C2=O)cc1. The standard InChI is InChI=1S/C27H22N2O3/c1-2-28-25(30)15-11-13-16(14-12-15)29-26(31)23-21-17-7-3-4-8-18(17)22(24(23)27(29)32)20-10-6-5-9-19(20)21/h3-14,21-24H,2H2,1H3,(H,28,30)/t21?,22?,23-,24-/m1/s1. The lowest BCUT2D eigenvalue weighted by Crippen LogP contribution is -2.41. The molecule has 5 heteroatoms. The Kier molecular flexibility index (Phi) is 4.09. The van der Waals surface area contributed by atoms with Crippen LogP contribution >= 0.6 is 0 Å². The Morgan fingerprint density at radius 2 is 1.19 bits per heavy atom. The van der Waals surface area contributed by atoms with Gasteiger partial charge in [0.25, 0.3) is 5.91 Å². The van der Waals surface area contributed by atoms with Crippen LogP contribution in [0.3, 0.4) is 0 Å². The van der Waals surface area contributed by atoms with Gasteiger partial charge in [-0.2, -0.15) is 0 Å². The Labute approximate surface area is 186 Å². The summed E-state index contributed by atoms with van der Waals surface area (Å²) >= 11 is 0. The quantitative estimate of drug-likeness (QED) is 0.653. The molecule has 1 heterocycles. The molecule has 3 aromatic carbocycles. The number of benzene rings is 3. The monoisotopic (exact) mass is 422 g/mol. The minimum absolute atomic E-state index is 0.117. The van der Waals surface area contributed by atoms with Crippen LogP contribution in [-0.4, -0.2) is 24.3 Å². The number of nitrogens with one attached hydrogen (secondary N) is 1. The van der Waals surface area contributed by atoms with Gasteiger partial charge >= 0.3 is 0 Å². The molecule has 32 heavy (non-hydrogen) atoms. The zero-order chi connectivity index (χ0) is 22.0. The summed E-state index contributed by atoms with van der Waals surface area (Å²) in [6, 6.07) is 23.2. The van der Waals surface area contributed by atoms with E-state index in [0.29, 0.717) is 17.8 Å². The molecule has 1 saturated heterocycles. The summed E-state index contributed by atoms with van der Waals surface area (Å²) in [5.74, 6) is -1.51. The molecule has 4 aliphatic rings. The molecule has 0 spiro atoms. The number of hydrogen-bond donors (Lipinski definition) is 1. The van der Waals surface area contributed by atoms with E-state index in [9.17, 15) is 14.4 Å². The van der Waals surface area contributed by atoms with Crippen molar-refractivity contribution in [2.45, 2.75) is 18.8 Å². The van der Waals surface area contributed by atoms with E-state index in [2.05, 4.69) is 29.6 Å². The van der Waals surface area contributed by atoms with E-state index in [-0.39, 0.29) is 29.6 Å². The zero-order valence-electron chi connectivity index (χ0n) is 17.6. The largest absolute Gasteiger partial charge is 0.352 e. The minimum Gasteiger partial charge on any atom is -0.352 e. The lowest BCUT2D eigenvalue weighted by Gasteiger charge is -2.45. The molecular weight excluding hydrogens is 400 g/mol. The Hall–Kier alpha value is -3.73. The molecule has 7 rings (SSSR count). The normalized spacial score (nSPS) is 24.7. The maximum Gasteiger partial charge on any atom is 0.251 e. The molecule has 3 aromatic rings. The highest BCUT2D eigenvalue weighted by Gasteiger charge is 2.61. The van der Waals surface area contributed by atoms with Crippen molar-refractivity contribution in [1.82, 2.24) is 5.32 Å². The van der Waals surface area contributed by atoms with Crippen LogP contribution in [0.25, 0.3) is 0 Å². The van der Waals surface area contributed by atoms with Crippen molar-refractivity contribution in [2.24, 2.45) is 11.8 Å². The highest BCUT2D eigenvalue weighted by molar-refractivity contribution is 6.23. The van der Waals surface area contributed by atoms with Crippen LogP contribution in [0, 0.1) is 11.8 Å². The van der Waals surface area contributed by atoms with Crippen molar-refractivity contribution in [2.75, 3.05) is 11.4 Å². The van der Waals surface area contributed by atoms with E-state index >= 15 is 0 Å². The number of imide groups is 1. The van der Waals surface area contributed by atoms with Crippen LogP contribution < -0.4 is 10.2 Å². The summed E-state index contributed by atoms with van der Waals surface area (Å²) < 4.78 is 0. The van der Waals surface area contributed by atoms with Crippen LogP contribution in [0.15, 0.2) is 72.8 Å². The topological polar surface area (TPSA) is 66.5 Å². The van der Waals surface area contributed by atoms with Crippen LogP contribution in [0.4, 0.5) is 5.69 Å². The van der Waals surface area contributed by atoms with Gasteiger partial charge in [-0.1, -0.05) is 48.5 Å². The summed E-state index contributed by atoms with van der Waals surface area (Å²) in [7, 11) is 0. The van der Waals surface area contributed by atoms with Gasteiger partial charge < -0.3 is 5.32 Å². The second kappa shape index (κ2) is 6.89.